The van der Waals surface area contributed by atoms with Gasteiger partial charge in [-0.15, -0.1) is 0 Å². The summed E-state index contributed by atoms with van der Waals surface area (Å²) in [6.07, 6.45) is 2.50. The molecule has 0 spiro atoms. The van der Waals surface area contributed by atoms with Gasteiger partial charge in [-0.3, -0.25) is 0 Å². The van der Waals surface area contributed by atoms with E-state index >= 15 is 0 Å². The highest BCUT2D eigenvalue weighted by Crippen LogP contribution is 2.12. The van der Waals surface area contributed by atoms with Gasteiger partial charge in [0.15, 0.2) is 0 Å². The summed E-state index contributed by atoms with van der Waals surface area (Å²) in [5.41, 5.74) is 0.433. The van der Waals surface area contributed by atoms with Crippen LogP contribution in [0.2, 0.25) is 0 Å². The van der Waals surface area contributed by atoms with Gasteiger partial charge in [-0.05, 0) is 23.8 Å². The minimum Gasteiger partial charge on any atom is -0.744 e. The lowest BCUT2D eigenvalue weighted by molar-refractivity contribution is -0.134. The molecule has 0 saturated heterocycles. The number of esters is 1. The monoisotopic (exact) mass is 241 g/mol. The van der Waals surface area contributed by atoms with Gasteiger partial charge in [0, 0.05) is 6.08 Å². The fraction of sp³-hybridized carbons (Fsp3) is 0.100. The largest absolute Gasteiger partial charge is 0.744 e. The molecule has 1 aromatic rings. The molecule has 0 heterocycles. The predicted octanol–water partition coefficient (Wildman–Crippen LogP) is 0.777. The molecule has 86 valence electrons. The molecule has 0 bridgehead atoms. The second kappa shape index (κ2) is 4.91. The fourth-order valence-corrected chi connectivity index (χ4v) is 1.53. The van der Waals surface area contributed by atoms with Crippen LogP contribution in [-0.4, -0.2) is 26.0 Å². The number of rotatable bonds is 3. The number of methoxy groups -OCH3 is 1. The Hall–Kier alpha value is -1.66. The lowest BCUT2D eigenvalue weighted by Gasteiger charge is -2.06. The van der Waals surface area contributed by atoms with Crippen molar-refractivity contribution in [2.45, 2.75) is 4.90 Å². The van der Waals surface area contributed by atoms with Gasteiger partial charge >= 0.3 is 5.97 Å². The van der Waals surface area contributed by atoms with Crippen molar-refractivity contribution >= 4 is 22.2 Å². The van der Waals surface area contributed by atoms with Crippen molar-refractivity contribution in [1.29, 1.82) is 0 Å². The molecule has 0 N–H and O–H groups in total. The third-order valence-electron chi connectivity index (χ3n) is 1.76. The second-order valence-corrected chi connectivity index (χ2v) is 4.26. The molecule has 0 radical (unpaired) electrons. The zero-order chi connectivity index (χ0) is 12.2. The first-order valence-electron chi connectivity index (χ1n) is 4.25. The lowest BCUT2D eigenvalue weighted by atomic mass is 10.2. The molecule has 5 nitrogen and oxygen atoms in total. The maximum absolute atomic E-state index is 10.8. The standard InChI is InChI=1S/C10H10O5S/c1-15-10(11)6-5-8-3-2-4-9(7-8)16(12,13)14/h2-7H,1H3,(H,12,13,14)/p-1/b6-5+. The highest BCUT2D eigenvalue weighted by atomic mass is 32.2. The molecule has 0 saturated carbocycles. The van der Waals surface area contributed by atoms with Crippen LogP contribution in [-0.2, 0) is 19.6 Å². The highest BCUT2D eigenvalue weighted by molar-refractivity contribution is 7.85. The molecule has 0 fully saturated rings. The van der Waals surface area contributed by atoms with E-state index in [0.29, 0.717) is 5.56 Å². The van der Waals surface area contributed by atoms with Gasteiger partial charge in [0.2, 0.25) is 0 Å². The third-order valence-corrected chi connectivity index (χ3v) is 2.59. The van der Waals surface area contributed by atoms with E-state index in [0.717, 1.165) is 6.08 Å². The Kier molecular flexibility index (Phi) is 3.81. The van der Waals surface area contributed by atoms with Crippen molar-refractivity contribution in [3.63, 3.8) is 0 Å². The van der Waals surface area contributed by atoms with E-state index in [-0.39, 0.29) is 4.90 Å². The summed E-state index contributed by atoms with van der Waals surface area (Å²) in [6, 6.07) is 5.36. The van der Waals surface area contributed by atoms with Gasteiger partial charge in [-0.1, -0.05) is 12.1 Å². The van der Waals surface area contributed by atoms with Crippen LogP contribution in [0.4, 0.5) is 0 Å². The summed E-state index contributed by atoms with van der Waals surface area (Å²) in [6.45, 7) is 0. The Morgan fingerprint density at radius 2 is 2.12 bits per heavy atom. The maximum atomic E-state index is 10.8. The van der Waals surface area contributed by atoms with Crippen molar-refractivity contribution in [3.8, 4) is 0 Å². The van der Waals surface area contributed by atoms with Crippen LogP contribution in [0.25, 0.3) is 6.08 Å². The molecular formula is C10H9O5S-. The molecule has 6 heteroatoms. The van der Waals surface area contributed by atoms with Crippen LogP contribution < -0.4 is 0 Å². The molecule has 0 aliphatic rings. The number of benzene rings is 1. The zero-order valence-corrected chi connectivity index (χ0v) is 9.23. The van der Waals surface area contributed by atoms with E-state index in [2.05, 4.69) is 4.74 Å². The Morgan fingerprint density at radius 3 is 2.69 bits per heavy atom. The minimum absolute atomic E-state index is 0.334. The first-order chi connectivity index (χ1) is 7.43. The summed E-state index contributed by atoms with van der Waals surface area (Å²) >= 11 is 0. The van der Waals surface area contributed by atoms with Crippen molar-refractivity contribution in [3.05, 3.63) is 35.9 Å². The maximum Gasteiger partial charge on any atom is 0.330 e. The SMILES string of the molecule is COC(=O)/C=C/c1cccc(S(=O)(=O)[O-])c1. The Bertz CT molecular complexity index is 516. The summed E-state index contributed by atoms with van der Waals surface area (Å²) in [7, 11) is -3.24. The molecule has 0 aliphatic heterocycles. The summed E-state index contributed by atoms with van der Waals surface area (Å²) in [5.74, 6) is -0.560. The molecule has 0 unspecified atom stereocenters. The first-order valence-corrected chi connectivity index (χ1v) is 5.66. The smallest absolute Gasteiger partial charge is 0.330 e. The molecule has 0 amide bonds. The molecule has 1 rings (SSSR count). The number of carbonyl (C=O) groups is 1. The Morgan fingerprint density at radius 1 is 1.44 bits per heavy atom. The number of ether oxygens (including phenoxy) is 1. The van der Waals surface area contributed by atoms with Crippen molar-refractivity contribution in [2.24, 2.45) is 0 Å². The average molecular weight is 241 g/mol. The number of hydrogen-bond acceptors (Lipinski definition) is 5. The van der Waals surface area contributed by atoms with E-state index in [4.69, 9.17) is 0 Å². The van der Waals surface area contributed by atoms with Crippen LogP contribution in [0.5, 0.6) is 0 Å². The average Bonchev–Trinajstić information content (AvgIpc) is 2.25. The first kappa shape index (κ1) is 12.4. The molecule has 1 aromatic carbocycles. The van der Waals surface area contributed by atoms with Gasteiger partial charge in [0.05, 0.1) is 12.0 Å². The van der Waals surface area contributed by atoms with E-state index in [9.17, 15) is 17.8 Å². The topological polar surface area (TPSA) is 83.5 Å². The van der Waals surface area contributed by atoms with Gasteiger partial charge < -0.3 is 9.29 Å². The van der Waals surface area contributed by atoms with Crippen molar-refractivity contribution < 1.29 is 22.5 Å². The lowest BCUT2D eigenvalue weighted by Crippen LogP contribution is -1.98. The van der Waals surface area contributed by atoms with E-state index in [1.165, 1.54) is 31.4 Å². The fourth-order valence-electron chi connectivity index (χ4n) is 1.01. The Labute approximate surface area is 93.1 Å². The predicted molar refractivity (Wildman–Crippen MR) is 55.5 cm³/mol. The normalized spacial score (nSPS) is 11.6. The van der Waals surface area contributed by atoms with Crippen LogP contribution in [0.15, 0.2) is 35.2 Å². The van der Waals surface area contributed by atoms with Crippen molar-refractivity contribution in [1.82, 2.24) is 0 Å². The van der Waals surface area contributed by atoms with Crippen LogP contribution in [0.3, 0.4) is 0 Å². The van der Waals surface area contributed by atoms with E-state index < -0.39 is 16.1 Å². The quantitative estimate of drug-likeness (QED) is 0.443. The van der Waals surface area contributed by atoms with E-state index in [1.54, 1.807) is 6.07 Å². The van der Waals surface area contributed by atoms with Crippen LogP contribution >= 0.6 is 0 Å². The summed E-state index contributed by atoms with van der Waals surface area (Å²) < 4.78 is 36.5. The van der Waals surface area contributed by atoms with Crippen LogP contribution in [0.1, 0.15) is 5.56 Å². The van der Waals surface area contributed by atoms with Crippen molar-refractivity contribution in [2.75, 3.05) is 7.11 Å². The molecule has 0 atom stereocenters. The van der Waals surface area contributed by atoms with Gasteiger partial charge in [0.1, 0.15) is 10.1 Å². The number of carbonyl (C=O) groups excluding carboxylic acids is 1. The molecule has 0 aromatic heterocycles. The molecule has 0 aliphatic carbocycles. The molecule has 16 heavy (non-hydrogen) atoms. The third kappa shape index (κ3) is 3.48. The minimum atomic E-state index is -4.47. The second-order valence-electron chi connectivity index (χ2n) is 2.88. The van der Waals surface area contributed by atoms with Gasteiger partial charge in [0.25, 0.3) is 0 Å². The van der Waals surface area contributed by atoms with Crippen LogP contribution in [0, 0.1) is 0 Å². The summed E-state index contributed by atoms with van der Waals surface area (Å²) in [5, 5.41) is 0. The van der Waals surface area contributed by atoms with Gasteiger partial charge in [-0.25, -0.2) is 13.2 Å². The molecular weight excluding hydrogens is 232 g/mol. The summed E-state index contributed by atoms with van der Waals surface area (Å²) in [4.78, 5) is 10.4. The number of hydrogen-bond donors (Lipinski definition) is 0. The zero-order valence-electron chi connectivity index (χ0n) is 8.41. The highest BCUT2D eigenvalue weighted by Gasteiger charge is 2.00. The van der Waals surface area contributed by atoms with E-state index in [1.807, 2.05) is 0 Å². The van der Waals surface area contributed by atoms with Gasteiger partial charge in [-0.2, -0.15) is 0 Å². The Balaban J connectivity index is 3.01.